The van der Waals surface area contributed by atoms with Crippen molar-refractivity contribution in [1.82, 2.24) is 29.6 Å². The van der Waals surface area contributed by atoms with Crippen LogP contribution in [0.25, 0.3) is 5.65 Å². The van der Waals surface area contributed by atoms with Crippen LogP contribution >= 0.6 is 0 Å². The van der Waals surface area contributed by atoms with Crippen molar-refractivity contribution in [1.29, 1.82) is 0 Å². The SMILES string of the molecule is O=C(C1CCC(Cc2cc(F)c3ncnn3c2)CC1)N1OCC[C@H]1c1cnccn1. The van der Waals surface area contributed by atoms with Gasteiger partial charge in [-0.3, -0.25) is 19.6 Å². The van der Waals surface area contributed by atoms with Gasteiger partial charge in [-0.05, 0) is 49.7 Å². The van der Waals surface area contributed by atoms with Crippen molar-refractivity contribution in [2.75, 3.05) is 6.61 Å². The average Bonchev–Trinajstić information content (AvgIpc) is 3.44. The third-order valence-corrected chi connectivity index (χ3v) is 6.15. The number of hydrogen-bond acceptors (Lipinski definition) is 6. The highest BCUT2D eigenvalue weighted by Crippen LogP contribution is 2.36. The van der Waals surface area contributed by atoms with Crippen LogP contribution < -0.4 is 0 Å². The van der Waals surface area contributed by atoms with Gasteiger partial charge in [-0.15, -0.1) is 0 Å². The van der Waals surface area contributed by atoms with Crippen molar-refractivity contribution in [2.24, 2.45) is 11.8 Å². The monoisotopic (exact) mass is 410 g/mol. The summed E-state index contributed by atoms with van der Waals surface area (Å²) in [5, 5.41) is 5.55. The van der Waals surface area contributed by atoms with E-state index in [1.165, 1.54) is 15.9 Å². The van der Waals surface area contributed by atoms with Crippen LogP contribution in [0.1, 0.15) is 49.4 Å². The molecule has 1 atom stereocenters. The van der Waals surface area contributed by atoms with E-state index in [2.05, 4.69) is 20.1 Å². The Kier molecular flexibility index (Phi) is 5.12. The number of hydrogen-bond donors (Lipinski definition) is 0. The van der Waals surface area contributed by atoms with Crippen LogP contribution in [0.3, 0.4) is 0 Å². The Bertz CT molecular complexity index is 1030. The molecular formula is C21H23FN6O2. The van der Waals surface area contributed by atoms with Crippen LogP contribution in [-0.2, 0) is 16.1 Å². The lowest BCUT2D eigenvalue weighted by atomic mass is 9.79. The van der Waals surface area contributed by atoms with Gasteiger partial charge in [-0.1, -0.05) is 0 Å². The van der Waals surface area contributed by atoms with Gasteiger partial charge in [0.05, 0.1) is 18.5 Å². The quantitative estimate of drug-likeness (QED) is 0.657. The van der Waals surface area contributed by atoms with Crippen molar-refractivity contribution in [3.05, 3.63) is 54.3 Å². The first-order valence-corrected chi connectivity index (χ1v) is 10.4. The zero-order chi connectivity index (χ0) is 20.5. The molecule has 1 saturated carbocycles. The maximum Gasteiger partial charge on any atom is 0.249 e. The maximum atomic E-state index is 14.2. The molecule has 1 amide bonds. The molecule has 0 unspecified atom stereocenters. The largest absolute Gasteiger partial charge is 0.272 e. The Labute approximate surface area is 173 Å². The van der Waals surface area contributed by atoms with Gasteiger partial charge in [-0.2, -0.15) is 5.10 Å². The Morgan fingerprint density at radius 1 is 1.17 bits per heavy atom. The molecule has 3 aromatic rings. The highest BCUT2D eigenvalue weighted by Gasteiger charge is 2.37. The minimum atomic E-state index is -0.352. The van der Waals surface area contributed by atoms with E-state index in [9.17, 15) is 9.18 Å². The number of carbonyl (C=O) groups excluding carboxylic acids is 1. The van der Waals surface area contributed by atoms with Gasteiger partial charge < -0.3 is 0 Å². The zero-order valence-corrected chi connectivity index (χ0v) is 16.5. The van der Waals surface area contributed by atoms with E-state index in [4.69, 9.17) is 4.84 Å². The van der Waals surface area contributed by atoms with Crippen molar-refractivity contribution in [2.45, 2.75) is 44.6 Å². The van der Waals surface area contributed by atoms with E-state index in [1.54, 1.807) is 24.7 Å². The fourth-order valence-electron chi connectivity index (χ4n) is 4.61. The van der Waals surface area contributed by atoms with Crippen LogP contribution in [-0.4, -0.2) is 42.1 Å². The molecule has 30 heavy (non-hydrogen) atoms. The second-order valence-corrected chi connectivity index (χ2v) is 8.08. The van der Waals surface area contributed by atoms with E-state index in [-0.39, 0.29) is 29.3 Å². The topological polar surface area (TPSA) is 85.5 Å². The van der Waals surface area contributed by atoms with Crippen LogP contribution in [0.2, 0.25) is 0 Å². The standard InChI is InChI=1S/C21H23FN6O2/c22-17-10-15(12-27-20(17)25-13-26-27)9-14-1-3-16(4-2-14)21(29)28-19(5-8-30-28)18-11-23-6-7-24-18/h6-7,10-14,16,19H,1-5,8-9H2/t14?,16?,19-/m0/s1. The summed E-state index contributed by atoms with van der Waals surface area (Å²) >= 11 is 0. The minimum absolute atomic E-state index is 0.0386. The second-order valence-electron chi connectivity index (χ2n) is 8.08. The molecule has 0 spiro atoms. The summed E-state index contributed by atoms with van der Waals surface area (Å²) in [6.45, 7) is 0.513. The first-order chi connectivity index (χ1) is 14.7. The fraction of sp³-hybridized carbons (Fsp3) is 0.476. The van der Waals surface area contributed by atoms with Gasteiger partial charge in [0, 0.05) is 30.9 Å². The summed E-state index contributed by atoms with van der Waals surface area (Å²) in [5.74, 6) is 0.0598. The molecule has 5 rings (SSSR count). The third kappa shape index (κ3) is 3.65. The molecule has 1 aliphatic heterocycles. The summed E-state index contributed by atoms with van der Waals surface area (Å²) in [4.78, 5) is 31.1. The minimum Gasteiger partial charge on any atom is -0.272 e. The third-order valence-electron chi connectivity index (χ3n) is 6.15. The van der Waals surface area contributed by atoms with Gasteiger partial charge in [0.2, 0.25) is 5.91 Å². The molecule has 0 aromatic carbocycles. The summed E-state index contributed by atoms with van der Waals surface area (Å²) in [7, 11) is 0. The number of hydroxylamine groups is 2. The first-order valence-electron chi connectivity index (χ1n) is 10.4. The molecule has 8 nitrogen and oxygen atoms in total. The Morgan fingerprint density at radius 2 is 2.03 bits per heavy atom. The predicted molar refractivity (Wildman–Crippen MR) is 104 cm³/mol. The van der Waals surface area contributed by atoms with Crippen molar-refractivity contribution in [3.63, 3.8) is 0 Å². The molecule has 1 aliphatic carbocycles. The fourth-order valence-corrected chi connectivity index (χ4v) is 4.61. The number of carbonyl (C=O) groups is 1. The molecule has 0 bridgehead atoms. The number of aromatic nitrogens is 5. The summed E-state index contributed by atoms with van der Waals surface area (Å²) in [6, 6.07) is 1.38. The van der Waals surface area contributed by atoms with E-state index < -0.39 is 0 Å². The van der Waals surface area contributed by atoms with E-state index in [0.717, 1.165) is 49.8 Å². The lowest BCUT2D eigenvalue weighted by Crippen LogP contribution is -2.37. The molecular weight excluding hydrogens is 387 g/mol. The van der Waals surface area contributed by atoms with Gasteiger partial charge in [-0.25, -0.2) is 19.0 Å². The molecule has 0 N–H and O–H groups in total. The van der Waals surface area contributed by atoms with Crippen LogP contribution in [0, 0.1) is 17.7 Å². The molecule has 3 aromatic heterocycles. The number of pyridine rings is 1. The van der Waals surface area contributed by atoms with Gasteiger partial charge in [0.1, 0.15) is 12.4 Å². The van der Waals surface area contributed by atoms with Gasteiger partial charge in [0.15, 0.2) is 11.5 Å². The highest BCUT2D eigenvalue weighted by molar-refractivity contribution is 5.78. The molecule has 0 radical (unpaired) electrons. The number of rotatable bonds is 4. The number of halogens is 1. The van der Waals surface area contributed by atoms with Crippen molar-refractivity contribution >= 4 is 11.6 Å². The van der Waals surface area contributed by atoms with E-state index in [0.29, 0.717) is 12.5 Å². The predicted octanol–water partition coefficient (Wildman–Crippen LogP) is 2.91. The summed E-state index contributed by atoms with van der Waals surface area (Å²) in [6.07, 6.45) is 13.1. The smallest absolute Gasteiger partial charge is 0.249 e. The van der Waals surface area contributed by atoms with Crippen LogP contribution in [0.15, 0.2) is 37.2 Å². The molecule has 156 valence electrons. The van der Waals surface area contributed by atoms with E-state index in [1.807, 2.05) is 6.20 Å². The van der Waals surface area contributed by atoms with Crippen molar-refractivity contribution in [3.8, 4) is 0 Å². The zero-order valence-electron chi connectivity index (χ0n) is 16.5. The molecule has 2 fully saturated rings. The van der Waals surface area contributed by atoms with Crippen LogP contribution in [0.4, 0.5) is 4.39 Å². The summed E-state index contributed by atoms with van der Waals surface area (Å²) < 4.78 is 15.6. The maximum absolute atomic E-state index is 14.2. The molecule has 4 heterocycles. The lowest BCUT2D eigenvalue weighted by Gasteiger charge is -2.31. The second kappa shape index (κ2) is 8.06. The van der Waals surface area contributed by atoms with E-state index >= 15 is 0 Å². The first kappa shape index (κ1) is 19.0. The van der Waals surface area contributed by atoms with Crippen LogP contribution in [0.5, 0.6) is 0 Å². The molecule has 2 aliphatic rings. The van der Waals surface area contributed by atoms with Gasteiger partial charge >= 0.3 is 0 Å². The highest BCUT2D eigenvalue weighted by atomic mass is 19.1. The Balaban J connectivity index is 1.20. The average molecular weight is 410 g/mol. The number of fused-ring (bicyclic) bond motifs is 1. The van der Waals surface area contributed by atoms with Crippen molar-refractivity contribution < 1.29 is 14.0 Å². The Morgan fingerprint density at radius 3 is 2.83 bits per heavy atom. The summed E-state index contributed by atoms with van der Waals surface area (Å²) in [5.41, 5.74) is 1.92. The number of amides is 1. The molecule has 1 saturated heterocycles. The Hall–Kier alpha value is -2.94. The molecule has 9 heteroatoms. The normalized spacial score (nSPS) is 24.4. The van der Waals surface area contributed by atoms with Gasteiger partial charge in [0.25, 0.3) is 0 Å². The number of nitrogens with zero attached hydrogens (tertiary/aromatic N) is 6. The lowest BCUT2D eigenvalue weighted by molar-refractivity contribution is -0.183.